The molecule has 3 N–H and O–H groups in total. The lowest BCUT2D eigenvalue weighted by molar-refractivity contribution is 0.233. The fourth-order valence-corrected chi connectivity index (χ4v) is 1.97. The molecule has 2 rings (SSSR count). The number of nitrogens with two attached hydrogens (primary N) is 1. The maximum Gasteiger partial charge on any atom is 0.119 e. The summed E-state index contributed by atoms with van der Waals surface area (Å²) < 4.78 is 5.51. The van der Waals surface area contributed by atoms with E-state index in [1.807, 2.05) is 6.07 Å². The Morgan fingerprint density at radius 3 is 3.13 bits per heavy atom. The van der Waals surface area contributed by atoms with Gasteiger partial charge in [-0.2, -0.15) is 0 Å². The first-order valence-electron chi connectivity index (χ1n) is 5.43. The molecule has 1 aromatic rings. The Kier molecular flexibility index (Phi) is 3.23. The number of rotatable bonds is 4. The molecule has 15 heavy (non-hydrogen) atoms. The second-order valence-electron chi connectivity index (χ2n) is 3.93. The molecular formula is C12H17NO2. The van der Waals surface area contributed by atoms with Crippen LogP contribution in [0.3, 0.4) is 0 Å². The van der Waals surface area contributed by atoms with Gasteiger partial charge in [-0.25, -0.2) is 0 Å². The molecule has 1 atom stereocenters. The fraction of sp³-hybridized carbons (Fsp3) is 0.500. The third-order valence-electron chi connectivity index (χ3n) is 2.81. The first-order chi connectivity index (χ1) is 7.31. The monoisotopic (exact) mass is 207 g/mol. The fourth-order valence-electron chi connectivity index (χ4n) is 1.97. The third kappa shape index (κ3) is 2.30. The van der Waals surface area contributed by atoms with Crippen LogP contribution in [0.1, 0.15) is 30.0 Å². The molecule has 0 saturated heterocycles. The van der Waals surface area contributed by atoms with Crippen LogP contribution in [0.25, 0.3) is 0 Å². The van der Waals surface area contributed by atoms with Crippen LogP contribution in [-0.2, 0) is 6.42 Å². The summed E-state index contributed by atoms with van der Waals surface area (Å²) in [5.74, 6) is 0.885. The van der Waals surface area contributed by atoms with Gasteiger partial charge in [0.15, 0.2) is 0 Å². The largest absolute Gasteiger partial charge is 0.493 e. The summed E-state index contributed by atoms with van der Waals surface area (Å²) in [4.78, 5) is 0. The highest BCUT2D eigenvalue weighted by Crippen LogP contribution is 2.31. The van der Waals surface area contributed by atoms with Gasteiger partial charge in [-0.15, -0.1) is 0 Å². The van der Waals surface area contributed by atoms with Crippen LogP contribution in [0.2, 0.25) is 0 Å². The smallest absolute Gasteiger partial charge is 0.119 e. The molecule has 0 amide bonds. The van der Waals surface area contributed by atoms with E-state index in [0.717, 1.165) is 18.6 Å². The number of ether oxygens (including phenoxy) is 1. The van der Waals surface area contributed by atoms with Crippen molar-refractivity contribution in [2.75, 3.05) is 13.2 Å². The van der Waals surface area contributed by atoms with Crippen molar-refractivity contribution in [3.63, 3.8) is 0 Å². The molecule has 3 heteroatoms. The van der Waals surface area contributed by atoms with Gasteiger partial charge < -0.3 is 15.6 Å². The van der Waals surface area contributed by atoms with Crippen LogP contribution in [0, 0.1) is 0 Å². The standard InChI is InChI=1S/C12H17NO2/c13-12-5-2-9-8-10(3-4-11(9)12)15-7-1-6-14/h3-4,8,12,14H,1-2,5-7,13H2/t12-/m0/s1. The summed E-state index contributed by atoms with van der Waals surface area (Å²) in [5, 5.41) is 8.64. The molecule has 0 unspecified atom stereocenters. The Morgan fingerprint density at radius 2 is 2.33 bits per heavy atom. The van der Waals surface area contributed by atoms with Gasteiger partial charge in [0.2, 0.25) is 0 Å². The molecule has 82 valence electrons. The second kappa shape index (κ2) is 4.64. The molecule has 0 saturated carbocycles. The van der Waals surface area contributed by atoms with Crippen molar-refractivity contribution in [1.82, 2.24) is 0 Å². The summed E-state index contributed by atoms with van der Waals surface area (Å²) in [6.07, 6.45) is 2.76. The van der Waals surface area contributed by atoms with E-state index in [1.54, 1.807) is 0 Å². The first-order valence-corrected chi connectivity index (χ1v) is 5.43. The number of aliphatic hydroxyl groups is 1. The molecule has 0 aliphatic heterocycles. The van der Waals surface area contributed by atoms with E-state index < -0.39 is 0 Å². The van der Waals surface area contributed by atoms with Crippen LogP contribution in [0.4, 0.5) is 0 Å². The van der Waals surface area contributed by atoms with Crippen LogP contribution >= 0.6 is 0 Å². The molecule has 0 spiro atoms. The molecule has 1 aliphatic carbocycles. The lowest BCUT2D eigenvalue weighted by Crippen LogP contribution is -2.05. The van der Waals surface area contributed by atoms with Gasteiger partial charge in [0.05, 0.1) is 6.61 Å². The Bertz CT molecular complexity index is 338. The molecule has 0 fully saturated rings. The van der Waals surface area contributed by atoms with Crippen molar-refractivity contribution in [1.29, 1.82) is 0 Å². The van der Waals surface area contributed by atoms with E-state index in [2.05, 4.69) is 12.1 Å². The number of fused-ring (bicyclic) bond motifs is 1. The highest BCUT2D eigenvalue weighted by molar-refractivity contribution is 5.40. The quantitative estimate of drug-likeness (QED) is 0.734. The Balaban J connectivity index is 2.03. The first kappa shape index (κ1) is 10.5. The molecule has 0 radical (unpaired) electrons. The van der Waals surface area contributed by atoms with Gasteiger partial charge in [-0.1, -0.05) is 6.07 Å². The normalized spacial score (nSPS) is 18.9. The van der Waals surface area contributed by atoms with Crippen LogP contribution in [-0.4, -0.2) is 18.3 Å². The summed E-state index contributed by atoms with van der Waals surface area (Å²) in [6.45, 7) is 0.747. The van der Waals surface area contributed by atoms with Gasteiger partial charge in [-0.05, 0) is 36.1 Å². The number of hydrogen-bond donors (Lipinski definition) is 2. The molecular weight excluding hydrogens is 190 g/mol. The molecule has 1 aromatic carbocycles. The Hall–Kier alpha value is -1.06. The molecule has 0 aromatic heterocycles. The van der Waals surface area contributed by atoms with Crippen molar-refractivity contribution in [2.45, 2.75) is 25.3 Å². The molecule has 1 aliphatic rings. The van der Waals surface area contributed by atoms with Gasteiger partial charge in [0.25, 0.3) is 0 Å². The highest BCUT2D eigenvalue weighted by atomic mass is 16.5. The minimum Gasteiger partial charge on any atom is -0.493 e. The highest BCUT2D eigenvalue weighted by Gasteiger charge is 2.18. The number of hydrogen-bond acceptors (Lipinski definition) is 3. The Morgan fingerprint density at radius 1 is 1.47 bits per heavy atom. The zero-order chi connectivity index (χ0) is 10.7. The van der Waals surface area contributed by atoms with Crippen molar-refractivity contribution in [2.24, 2.45) is 5.73 Å². The molecule has 3 nitrogen and oxygen atoms in total. The molecule has 0 heterocycles. The molecule has 0 bridgehead atoms. The van der Waals surface area contributed by atoms with E-state index in [-0.39, 0.29) is 12.6 Å². The van der Waals surface area contributed by atoms with Crippen LogP contribution in [0.5, 0.6) is 5.75 Å². The minimum atomic E-state index is 0.176. The second-order valence-corrected chi connectivity index (χ2v) is 3.93. The summed E-state index contributed by atoms with van der Waals surface area (Å²) in [6, 6.07) is 6.29. The van der Waals surface area contributed by atoms with Gasteiger partial charge >= 0.3 is 0 Å². The SMILES string of the molecule is N[C@H]1CCc2cc(OCCCO)ccc21. The maximum atomic E-state index is 8.64. The average molecular weight is 207 g/mol. The van der Waals surface area contributed by atoms with Crippen molar-refractivity contribution >= 4 is 0 Å². The number of aryl methyl sites for hydroxylation is 1. The Labute approximate surface area is 89.9 Å². The van der Waals surface area contributed by atoms with Gasteiger partial charge in [0.1, 0.15) is 5.75 Å². The van der Waals surface area contributed by atoms with Crippen molar-refractivity contribution in [3.8, 4) is 5.75 Å². The lowest BCUT2D eigenvalue weighted by atomic mass is 10.1. The van der Waals surface area contributed by atoms with E-state index in [4.69, 9.17) is 15.6 Å². The average Bonchev–Trinajstić information content (AvgIpc) is 2.61. The van der Waals surface area contributed by atoms with Gasteiger partial charge in [0, 0.05) is 19.1 Å². The zero-order valence-corrected chi connectivity index (χ0v) is 8.78. The lowest BCUT2D eigenvalue weighted by Gasteiger charge is -2.08. The van der Waals surface area contributed by atoms with E-state index in [0.29, 0.717) is 13.0 Å². The topological polar surface area (TPSA) is 55.5 Å². The van der Waals surface area contributed by atoms with E-state index >= 15 is 0 Å². The van der Waals surface area contributed by atoms with Crippen molar-refractivity contribution in [3.05, 3.63) is 29.3 Å². The van der Waals surface area contributed by atoms with Crippen LogP contribution < -0.4 is 10.5 Å². The van der Waals surface area contributed by atoms with Crippen molar-refractivity contribution < 1.29 is 9.84 Å². The van der Waals surface area contributed by atoms with E-state index in [1.165, 1.54) is 11.1 Å². The van der Waals surface area contributed by atoms with Crippen LogP contribution in [0.15, 0.2) is 18.2 Å². The summed E-state index contributed by atoms with van der Waals surface area (Å²) in [5.41, 5.74) is 8.51. The maximum absolute atomic E-state index is 8.64. The zero-order valence-electron chi connectivity index (χ0n) is 8.78. The predicted molar refractivity (Wildman–Crippen MR) is 58.9 cm³/mol. The summed E-state index contributed by atoms with van der Waals surface area (Å²) >= 11 is 0. The van der Waals surface area contributed by atoms with E-state index in [9.17, 15) is 0 Å². The third-order valence-corrected chi connectivity index (χ3v) is 2.81. The predicted octanol–water partition coefficient (Wildman–Crippen LogP) is 1.39. The number of benzene rings is 1. The summed E-state index contributed by atoms with van der Waals surface area (Å²) in [7, 11) is 0. The minimum absolute atomic E-state index is 0.176. The number of aliphatic hydroxyl groups excluding tert-OH is 1. The van der Waals surface area contributed by atoms with Gasteiger partial charge in [-0.3, -0.25) is 0 Å².